The second-order valence-electron chi connectivity index (χ2n) is 3.05. The van der Waals surface area contributed by atoms with Crippen molar-refractivity contribution in [2.24, 2.45) is 5.41 Å². The largest absolute Gasteiger partial charge is 0.772 e. The molecule has 0 saturated heterocycles. The first-order valence-corrected chi connectivity index (χ1v) is 4.87. The number of rotatable bonds is 4. The highest BCUT2D eigenvalue weighted by Crippen LogP contribution is 2.17. The minimum absolute atomic E-state index is 0.203. The van der Waals surface area contributed by atoms with Crippen LogP contribution in [0.2, 0.25) is 0 Å². The molecule has 0 fully saturated rings. The Labute approximate surface area is 74.6 Å². The van der Waals surface area contributed by atoms with Crippen LogP contribution in [0.3, 0.4) is 0 Å². The smallest absolute Gasteiger partial charge is 0.312 e. The van der Waals surface area contributed by atoms with E-state index in [4.69, 9.17) is 4.74 Å². The molecule has 0 aromatic carbocycles. The molecule has 0 bridgehead atoms. The summed E-state index contributed by atoms with van der Waals surface area (Å²) in [5.41, 5.74) is -0.942. The maximum absolute atomic E-state index is 11.1. The molecule has 72 valence electrons. The van der Waals surface area contributed by atoms with Crippen LogP contribution < -0.4 is 0 Å². The Hall–Kier alpha value is -0.420. The second-order valence-corrected chi connectivity index (χ2v) is 3.95. The summed E-state index contributed by atoms with van der Waals surface area (Å²) in [5.74, 6) is -0.680. The summed E-state index contributed by atoms with van der Waals surface area (Å²) in [4.78, 5) is 11.1. The van der Waals surface area contributed by atoms with Crippen molar-refractivity contribution < 1.29 is 18.3 Å². The molecule has 0 N–H and O–H groups in total. The predicted molar refractivity (Wildman–Crippen MR) is 44.2 cm³/mol. The Balaban J connectivity index is 4.18. The Morgan fingerprint density at radius 2 is 2.08 bits per heavy atom. The van der Waals surface area contributed by atoms with Gasteiger partial charge in [0, 0.05) is 5.75 Å². The monoisotopic (exact) mass is 193 g/mol. The van der Waals surface area contributed by atoms with E-state index in [9.17, 15) is 13.6 Å². The first-order chi connectivity index (χ1) is 5.40. The molecular formula is C7H13O4S-. The van der Waals surface area contributed by atoms with Crippen LogP contribution in [-0.4, -0.2) is 27.1 Å². The molecule has 0 amide bonds. The molecule has 0 heterocycles. The van der Waals surface area contributed by atoms with Gasteiger partial charge in [-0.2, -0.15) is 0 Å². The van der Waals surface area contributed by atoms with E-state index in [2.05, 4.69) is 0 Å². The van der Waals surface area contributed by atoms with Gasteiger partial charge in [0.05, 0.1) is 12.0 Å². The normalized spacial score (nSPS) is 14.0. The summed E-state index contributed by atoms with van der Waals surface area (Å²) in [6, 6.07) is 0. The van der Waals surface area contributed by atoms with Gasteiger partial charge in [0.15, 0.2) is 0 Å². The van der Waals surface area contributed by atoms with Gasteiger partial charge in [0.1, 0.15) is 0 Å². The molecule has 0 saturated carbocycles. The first kappa shape index (κ1) is 11.6. The van der Waals surface area contributed by atoms with E-state index in [1.165, 1.54) is 0 Å². The van der Waals surface area contributed by atoms with E-state index in [0.717, 1.165) is 0 Å². The fourth-order valence-electron chi connectivity index (χ4n) is 0.680. The fourth-order valence-corrected chi connectivity index (χ4v) is 1.39. The summed E-state index contributed by atoms with van der Waals surface area (Å²) in [6.45, 7) is 5.04. The number of hydrogen-bond donors (Lipinski definition) is 0. The van der Waals surface area contributed by atoms with Crippen molar-refractivity contribution in [1.29, 1.82) is 0 Å². The Morgan fingerprint density at radius 3 is 2.42 bits per heavy atom. The van der Waals surface area contributed by atoms with Crippen LogP contribution in [0.4, 0.5) is 0 Å². The van der Waals surface area contributed by atoms with Gasteiger partial charge in [-0.15, -0.1) is 0 Å². The number of esters is 1. The average molecular weight is 193 g/mol. The predicted octanol–water partition coefficient (Wildman–Crippen LogP) is 0.455. The maximum atomic E-state index is 11.1. The quantitative estimate of drug-likeness (QED) is 0.480. The molecule has 1 unspecified atom stereocenters. The van der Waals surface area contributed by atoms with E-state index in [1.807, 2.05) is 0 Å². The molecular weight excluding hydrogens is 180 g/mol. The summed E-state index contributed by atoms with van der Waals surface area (Å²) in [7, 11) is 0. The Kier molecular flexibility index (Phi) is 4.41. The van der Waals surface area contributed by atoms with Gasteiger partial charge in [-0.1, -0.05) is 11.1 Å². The van der Waals surface area contributed by atoms with Crippen molar-refractivity contribution in [2.75, 3.05) is 12.4 Å². The van der Waals surface area contributed by atoms with Gasteiger partial charge < -0.3 is 9.29 Å². The van der Waals surface area contributed by atoms with Crippen LogP contribution >= 0.6 is 0 Å². The number of carbonyl (C=O) groups excluding carboxylic acids is 1. The second kappa shape index (κ2) is 4.57. The van der Waals surface area contributed by atoms with Crippen LogP contribution in [0.15, 0.2) is 0 Å². The van der Waals surface area contributed by atoms with Gasteiger partial charge in [-0.25, -0.2) is 0 Å². The lowest BCUT2D eigenvalue weighted by atomic mass is 9.97. The van der Waals surface area contributed by atoms with Crippen LogP contribution in [0.25, 0.3) is 0 Å². The van der Waals surface area contributed by atoms with E-state index in [1.54, 1.807) is 20.8 Å². The molecule has 1 atom stereocenters. The molecule has 0 aliphatic carbocycles. The highest BCUT2D eigenvalue weighted by atomic mass is 32.2. The number of carbonyl (C=O) groups is 1. The van der Waals surface area contributed by atoms with Crippen molar-refractivity contribution in [3.05, 3.63) is 0 Å². The molecule has 4 nitrogen and oxygen atoms in total. The zero-order valence-corrected chi connectivity index (χ0v) is 8.27. The highest BCUT2D eigenvalue weighted by molar-refractivity contribution is 7.79. The van der Waals surface area contributed by atoms with Crippen molar-refractivity contribution in [3.8, 4) is 0 Å². The van der Waals surface area contributed by atoms with Crippen molar-refractivity contribution in [2.45, 2.75) is 20.8 Å². The third kappa shape index (κ3) is 3.82. The van der Waals surface area contributed by atoms with Crippen LogP contribution in [-0.2, 0) is 20.6 Å². The van der Waals surface area contributed by atoms with Gasteiger partial charge >= 0.3 is 5.97 Å². The lowest BCUT2D eigenvalue weighted by Crippen LogP contribution is -2.32. The third-order valence-electron chi connectivity index (χ3n) is 1.31. The van der Waals surface area contributed by atoms with Gasteiger partial charge in [0.25, 0.3) is 0 Å². The van der Waals surface area contributed by atoms with Gasteiger partial charge in [-0.3, -0.25) is 9.00 Å². The van der Waals surface area contributed by atoms with Gasteiger partial charge in [-0.05, 0) is 20.8 Å². The number of hydrogen-bond acceptors (Lipinski definition) is 4. The third-order valence-corrected chi connectivity index (χ3v) is 2.26. The zero-order chi connectivity index (χ0) is 9.78. The average Bonchev–Trinajstić information content (AvgIpc) is 1.85. The molecule has 0 aliphatic heterocycles. The zero-order valence-electron chi connectivity index (χ0n) is 7.46. The first-order valence-electron chi connectivity index (χ1n) is 3.63. The van der Waals surface area contributed by atoms with E-state index >= 15 is 0 Å². The van der Waals surface area contributed by atoms with Crippen molar-refractivity contribution >= 4 is 17.0 Å². The SMILES string of the molecule is CCOC(=O)C(C)(C)CS(=O)[O-]. The minimum atomic E-state index is -2.21. The highest BCUT2D eigenvalue weighted by Gasteiger charge is 2.29. The summed E-state index contributed by atoms with van der Waals surface area (Å²) < 4.78 is 25.3. The van der Waals surface area contributed by atoms with Crippen LogP contribution in [0.1, 0.15) is 20.8 Å². The molecule has 0 rings (SSSR count). The van der Waals surface area contributed by atoms with Gasteiger partial charge in [0.2, 0.25) is 0 Å². The standard InChI is InChI=1S/C7H14O4S/c1-4-11-6(8)7(2,3)5-12(9)10/h4-5H2,1-3H3,(H,9,10)/p-1. The number of ether oxygens (including phenoxy) is 1. The molecule has 0 radical (unpaired) electrons. The summed E-state index contributed by atoms with van der Waals surface area (Å²) in [5, 5.41) is 0. The topological polar surface area (TPSA) is 66.4 Å². The Bertz CT molecular complexity index is 188. The minimum Gasteiger partial charge on any atom is -0.772 e. The van der Waals surface area contributed by atoms with E-state index in [0.29, 0.717) is 0 Å². The molecule has 0 aliphatic rings. The molecule has 0 aromatic rings. The van der Waals surface area contributed by atoms with Crippen LogP contribution in [0.5, 0.6) is 0 Å². The Morgan fingerprint density at radius 1 is 1.58 bits per heavy atom. The van der Waals surface area contributed by atoms with E-state index < -0.39 is 22.5 Å². The molecule has 5 heteroatoms. The maximum Gasteiger partial charge on any atom is 0.312 e. The molecule has 12 heavy (non-hydrogen) atoms. The molecule has 0 aromatic heterocycles. The van der Waals surface area contributed by atoms with Crippen LogP contribution in [0, 0.1) is 5.41 Å². The fraction of sp³-hybridized carbons (Fsp3) is 0.857. The summed E-state index contributed by atoms with van der Waals surface area (Å²) >= 11 is -2.21. The van der Waals surface area contributed by atoms with Crippen molar-refractivity contribution in [1.82, 2.24) is 0 Å². The van der Waals surface area contributed by atoms with E-state index in [-0.39, 0.29) is 12.4 Å². The molecule has 0 spiro atoms. The lowest BCUT2D eigenvalue weighted by molar-refractivity contribution is -0.152. The lowest BCUT2D eigenvalue weighted by Gasteiger charge is -2.22. The summed E-state index contributed by atoms with van der Waals surface area (Å²) in [6.07, 6.45) is 0. The van der Waals surface area contributed by atoms with Crippen molar-refractivity contribution in [3.63, 3.8) is 0 Å².